The van der Waals surface area contributed by atoms with Crippen molar-refractivity contribution in [3.63, 3.8) is 0 Å². The van der Waals surface area contributed by atoms with Crippen LogP contribution < -0.4 is 11.0 Å². The van der Waals surface area contributed by atoms with Crippen molar-refractivity contribution in [1.29, 1.82) is 0 Å². The summed E-state index contributed by atoms with van der Waals surface area (Å²) in [4.78, 5) is 16.7. The molecule has 3 aromatic rings. The highest BCUT2D eigenvalue weighted by atomic mass is 79.9. The minimum atomic E-state index is -0.181. The van der Waals surface area contributed by atoms with Gasteiger partial charge in [-0.1, -0.05) is 28.1 Å². The van der Waals surface area contributed by atoms with Crippen LogP contribution in [-0.4, -0.2) is 9.97 Å². The number of rotatable bonds is 3. The molecule has 0 spiro atoms. The minimum Gasteiger partial charge on any atom is -0.381 e. The van der Waals surface area contributed by atoms with Crippen LogP contribution in [0.4, 0.5) is 5.69 Å². The zero-order valence-electron chi connectivity index (χ0n) is 11.0. The Balaban J connectivity index is 1.78. The highest BCUT2D eigenvalue weighted by Gasteiger charge is 2.01. The van der Waals surface area contributed by atoms with Gasteiger partial charge in [0.1, 0.15) is 0 Å². The molecule has 2 aromatic carbocycles. The first kappa shape index (κ1) is 13.0. The highest BCUT2D eigenvalue weighted by Crippen LogP contribution is 2.19. The zero-order chi connectivity index (χ0) is 14.1. The number of hydrogen-bond acceptors (Lipinski definition) is 2. The van der Waals surface area contributed by atoms with Crippen LogP contribution in [0.15, 0.2) is 45.7 Å². The van der Waals surface area contributed by atoms with Crippen molar-refractivity contribution in [3.05, 3.63) is 62.5 Å². The van der Waals surface area contributed by atoms with Crippen LogP contribution in [0.1, 0.15) is 11.1 Å². The number of aryl methyl sites for hydroxylation is 1. The van der Waals surface area contributed by atoms with E-state index in [2.05, 4.69) is 56.3 Å². The monoisotopic (exact) mass is 331 g/mol. The van der Waals surface area contributed by atoms with Gasteiger partial charge in [0.15, 0.2) is 0 Å². The van der Waals surface area contributed by atoms with Gasteiger partial charge in [-0.3, -0.25) is 0 Å². The van der Waals surface area contributed by atoms with Crippen LogP contribution in [0.5, 0.6) is 0 Å². The molecule has 3 N–H and O–H groups in total. The van der Waals surface area contributed by atoms with Gasteiger partial charge in [0.05, 0.1) is 11.0 Å². The number of H-pyrrole nitrogens is 2. The van der Waals surface area contributed by atoms with Gasteiger partial charge in [0.2, 0.25) is 0 Å². The lowest BCUT2D eigenvalue weighted by Gasteiger charge is -2.08. The Morgan fingerprint density at radius 2 is 1.90 bits per heavy atom. The van der Waals surface area contributed by atoms with Crippen LogP contribution in [0.25, 0.3) is 11.0 Å². The van der Waals surface area contributed by atoms with Crippen molar-refractivity contribution in [2.75, 3.05) is 5.32 Å². The van der Waals surface area contributed by atoms with E-state index in [-0.39, 0.29) is 5.69 Å². The summed E-state index contributed by atoms with van der Waals surface area (Å²) in [6.07, 6.45) is 0. The summed E-state index contributed by atoms with van der Waals surface area (Å²) in [5, 5.41) is 3.35. The van der Waals surface area contributed by atoms with Gasteiger partial charge in [-0.2, -0.15) is 0 Å². The van der Waals surface area contributed by atoms with E-state index < -0.39 is 0 Å². The summed E-state index contributed by atoms with van der Waals surface area (Å²) in [6, 6.07) is 12.1. The van der Waals surface area contributed by atoms with Gasteiger partial charge < -0.3 is 15.3 Å². The summed E-state index contributed by atoms with van der Waals surface area (Å²) in [7, 11) is 0. The van der Waals surface area contributed by atoms with Crippen molar-refractivity contribution < 1.29 is 0 Å². The summed E-state index contributed by atoms with van der Waals surface area (Å²) in [5.74, 6) is 0. The van der Waals surface area contributed by atoms with E-state index >= 15 is 0 Å². The molecule has 0 aliphatic heterocycles. The fraction of sp³-hybridized carbons (Fsp3) is 0.133. The van der Waals surface area contributed by atoms with Crippen molar-refractivity contribution >= 4 is 32.7 Å². The molecule has 4 nitrogen and oxygen atoms in total. The summed E-state index contributed by atoms with van der Waals surface area (Å²) >= 11 is 3.54. The number of hydrogen-bond donors (Lipinski definition) is 3. The van der Waals surface area contributed by atoms with Crippen LogP contribution in [0.2, 0.25) is 0 Å². The summed E-state index contributed by atoms with van der Waals surface area (Å²) in [6.45, 7) is 2.80. The first-order chi connectivity index (χ1) is 9.61. The molecule has 3 rings (SSSR count). The Hall–Kier alpha value is -2.01. The standard InChI is InChI=1S/C15H14BrN3O/c1-9-2-3-10(6-12(9)16)8-17-11-4-5-13-14(7-11)19-15(20)18-13/h2-7,17H,8H2,1H3,(H2,18,19,20). The lowest BCUT2D eigenvalue weighted by atomic mass is 10.1. The second-order valence-electron chi connectivity index (χ2n) is 4.78. The SMILES string of the molecule is Cc1ccc(CNc2ccc3[nH]c(=O)[nH]c3c2)cc1Br. The molecule has 0 amide bonds. The third-order valence-corrected chi connectivity index (χ3v) is 4.10. The normalized spacial score (nSPS) is 10.9. The number of benzene rings is 2. The van der Waals surface area contributed by atoms with Gasteiger partial charge in [0.25, 0.3) is 0 Å². The number of nitrogens with one attached hydrogen (secondary N) is 3. The number of halogens is 1. The third-order valence-electron chi connectivity index (χ3n) is 3.25. The molecule has 0 unspecified atom stereocenters. The molecule has 1 aromatic heterocycles. The smallest absolute Gasteiger partial charge is 0.323 e. The van der Waals surface area contributed by atoms with Crippen LogP contribution in [-0.2, 0) is 6.54 Å². The van der Waals surface area contributed by atoms with Crippen LogP contribution in [0.3, 0.4) is 0 Å². The van der Waals surface area contributed by atoms with Gasteiger partial charge in [-0.25, -0.2) is 4.79 Å². The number of fused-ring (bicyclic) bond motifs is 1. The molecule has 102 valence electrons. The van der Waals surface area contributed by atoms with Crippen molar-refractivity contribution in [3.8, 4) is 0 Å². The first-order valence-corrected chi connectivity index (χ1v) is 7.12. The molecule has 0 atom stereocenters. The Morgan fingerprint density at radius 3 is 2.70 bits per heavy atom. The average Bonchev–Trinajstić information content (AvgIpc) is 2.79. The van der Waals surface area contributed by atoms with E-state index in [0.717, 1.165) is 27.7 Å². The number of anilines is 1. The second kappa shape index (κ2) is 5.17. The molecule has 0 aliphatic rings. The number of aromatic nitrogens is 2. The maximum atomic E-state index is 11.2. The molecule has 0 fully saturated rings. The van der Waals surface area contributed by atoms with Crippen LogP contribution in [0, 0.1) is 6.92 Å². The first-order valence-electron chi connectivity index (χ1n) is 6.33. The van der Waals surface area contributed by atoms with E-state index in [4.69, 9.17) is 0 Å². The van der Waals surface area contributed by atoms with E-state index in [1.54, 1.807) is 0 Å². The Morgan fingerprint density at radius 1 is 1.10 bits per heavy atom. The lowest BCUT2D eigenvalue weighted by molar-refractivity contribution is 1.14. The largest absolute Gasteiger partial charge is 0.381 e. The van der Waals surface area contributed by atoms with Crippen molar-refractivity contribution in [2.45, 2.75) is 13.5 Å². The molecule has 5 heteroatoms. The van der Waals surface area contributed by atoms with Gasteiger partial charge in [-0.05, 0) is 42.3 Å². The van der Waals surface area contributed by atoms with E-state index in [1.807, 2.05) is 18.2 Å². The second-order valence-corrected chi connectivity index (χ2v) is 5.63. The van der Waals surface area contributed by atoms with Crippen LogP contribution >= 0.6 is 15.9 Å². The molecule has 0 saturated heterocycles. The maximum Gasteiger partial charge on any atom is 0.323 e. The third kappa shape index (κ3) is 2.63. The Bertz CT molecular complexity index is 819. The molecule has 0 aliphatic carbocycles. The van der Waals surface area contributed by atoms with Gasteiger partial charge in [0, 0.05) is 16.7 Å². The lowest BCUT2D eigenvalue weighted by Crippen LogP contribution is -2.00. The average molecular weight is 332 g/mol. The van der Waals surface area contributed by atoms with Gasteiger partial charge >= 0.3 is 5.69 Å². The quantitative estimate of drug-likeness (QED) is 0.687. The highest BCUT2D eigenvalue weighted by molar-refractivity contribution is 9.10. The molecular formula is C15H14BrN3O. The van der Waals surface area contributed by atoms with E-state index in [9.17, 15) is 4.79 Å². The van der Waals surface area contributed by atoms with E-state index in [0.29, 0.717) is 0 Å². The molecule has 0 radical (unpaired) electrons. The fourth-order valence-corrected chi connectivity index (χ4v) is 2.52. The summed E-state index contributed by atoms with van der Waals surface area (Å²) in [5.41, 5.74) is 4.85. The number of aromatic amines is 2. The molecule has 20 heavy (non-hydrogen) atoms. The predicted octanol–water partition coefficient (Wildman–Crippen LogP) is 3.54. The van der Waals surface area contributed by atoms with E-state index in [1.165, 1.54) is 11.1 Å². The topological polar surface area (TPSA) is 60.7 Å². The zero-order valence-corrected chi connectivity index (χ0v) is 12.5. The Kier molecular flexibility index (Phi) is 3.36. The van der Waals surface area contributed by atoms with Crippen molar-refractivity contribution in [1.82, 2.24) is 9.97 Å². The molecular weight excluding hydrogens is 318 g/mol. The van der Waals surface area contributed by atoms with Crippen molar-refractivity contribution in [2.24, 2.45) is 0 Å². The summed E-state index contributed by atoms with van der Waals surface area (Å²) < 4.78 is 1.11. The predicted molar refractivity (Wildman–Crippen MR) is 85.1 cm³/mol. The molecule has 0 bridgehead atoms. The fourth-order valence-electron chi connectivity index (χ4n) is 2.09. The number of imidazole rings is 1. The minimum absolute atomic E-state index is 0.181. The maximum absolute atomic E-state index is 11.2. The molecule has 1 heterocycles. The molecule has 0 saturated carbocycles. The van der Waals surface area contributed by atoms with Gasteiger partial charge in [-0.15, -0.1) is 0 Å². The Labute approximate surface area is 124 Å².